The van der Waals surface area contributed by atoms with Gasteiger partial charge >= 0.3 is 0 Å². The van der Waals surface area contributed by atoms with Crippen molar-refractivity contribution in [3.05, 3.63) is 0 Å². The van der Waals surface area contributed by atoms with Gasteiger partial charge in [-0.3, -0.25) is 0 Å². The Labute approximate surface area is 73.0 Å². The van der Waals surface area contributed by atoms with Gasteiger partial charge in [-0.15, -0.1) is 0 Å². The molecule has 0 radical (unpaired) electrons. The predicted octanol–water partition coefficient (Wildman–Crippen LogP) is -2.31. The summed E-state index contributed by atoms with van der Waals surface area (Å²) in [5, 5.41) is 35.9. The Balaban J connectivity index is 2.66. The summed E-state index contributed by atoms with van der Waals surface area (Å²) in [6, 6.07) is 0. The molecule has 78 valence electrons. The van der Waals surface area contributed by atoms with E-state index in [1.54, 1.807) is 0 Å². The van der Waals surface area contributed by atoms with Gasteiger partial charge in [-0.1, -0.05) is 0 Å². The van der Waals surface area contributed by atoms with Crippen molar-refractivity contribution in [1.29, 1.82) is 0 Å². The minimum atomic E-state index is -1.68. The molecule has 0 amide bonds. The van der Waals surface area contributed by atoms with Crippen LogP contribution in [0.1, 0.15) is 0 Å². The van der Waals surface area contributed by atoms with Gasteiger partial charge in [-0.25, -0.2) is 0 Å². The first-order valence-electron chi connectivity index (χ1n) is 3.69. The summed E-state index contributed by atoms with van der Waals surface area (Å²) in [5.41, 5.74) is 0. The molecule has 0 aromatic heterocycles. The molecule has 6 nitrogen and oxygen atoms in total. The van der Waals surface area contributed by atoms with Crippen LogP contribution in [-0.2, 0) is 9.68 Å². The standard InChI is InChI=1S/C6H11FO6/c7-13-6-5(11)4(10)3(9)2(1-8)12-6/h2-6,8-11H,1H2/t2-,3-,4+,5-,6?/m0/s1. The van der Waals surface area contributed by atoms with Gasteiger partial charge in [-0.05, 0) is 4.53 Å². The Morgan fingerprint density at radius 3 is 2.23 bits per heavy atom. The van der Waals surface area contributed by atoms with E-state index in [4.69, 9.17) is 20.4 Å². The predicted molar refractivity (Wildman–Crippen MR) is 36.0 cm³/mol. The van der Waals surface area contributed by atoms with Crippen molar-refractivity contribution in [3.63, 3.8) is 0 Å². The molecular weight excluding hydrogens is 187 g/mol. The first kappa shape index (κ1) is 10.8. The second kappa shape index (κ2) is 4.27. The van der Waals surface area contributed by atoms with Crippen LogP contribution in [0.25, 0.3) is 0 Å². The third-order valence-corrected chi connectivity index (χ3v) is 1.94. The number of aliphatic hydroxyl groups excluding tert-OH is 4. The molecule has 1 fully saturated rings. The van der Waals surface area contributed by atoms with E-state index < -0.39 is 37.3 Å². The van der Waals surface area contributed by atoms with Crippen molar-refractivity contribution in [2.24, 2.45) is 0 Å². The molecule has 1 unspecified atom stereocenters. The molecule has 13 heavy (non-hydrogen) atoms. The van der Waals surface area contributed by atoms with Crippen molar-refractivity contribution in [3.8, 4) is 0 Å². The normalized spacial score (nSPS) is 46.4. The van der Waals surface area contributed by atoms with E-state index in [2.05, 4.69) is 9.68 Å². The fourth-order valence-corrected chi connectivity index (χ4v) is 1.14. The van der Waals surface area contributed by atoms with Crippen LogP contribution in [0.3, 0.4) is 0 Å². The monoisotopic (exact) mass is 198 g/mol. The van der Waals surface area contributed by atoms with Crippen LogP contribution in [-0.4, -0.2) is 57.7 Å². The van der Waals surface area contributed by atoms with Crippen LogP contribution in [0.5, 0.6) is 0 Å². The highest BCUT2D eigenvalue weighted by molar-refractivity contribution is 4.88. The van der Waals surface area contributed by atoms with Crippen molar-refractivity contribution in [1.82, 2.24) is 0 Å². The van der Waals surface area contributed by atoms with E-state index in [1.165, 1.54) is 0 Å². The highest BCUT2D eigenvalue weighted by atomic mass is 19.3. The highest BCUT2D eigenvalue weighted by Crippen LogP contribution is 2.21. The molecule has 1 aliphatic rings. The van der Waals surface area contributed by atoms with E-state index in [-0.39, 0.29) is 0 Å². The zero-order chi connectivity index (χ0) is 10.0. The zero-order valence-electron chi connectivity index (χ0n) is 6.58. The second-order valence-electron chi connectivity index (χ2n) is 2.79. The summed E-state index contributed by atoms with van der Waals surface area (Å²) < 4.78 is 16.3. The molecule has 0 bridgehead atoms. The maximum Gasteiger partial charge on any atom is 0.225 e. The summed E-state index contributed by atoms with van der Waals surface area (Å²) in [7, 11) is 0. The number of aliphatic hydroxyl groups is 4. The summed E-state index contributed by atoms with van der Waals surface area (Å²) in [6.45, 7) is -0.606. The van der Waals surface area contributed by atoms with E-state index in [0.717, 1.165) is 0 Å². The Morgan fingerprint density at radius 2 is 1.77 bits per heavy atom. The van der Waals surface area contributed by atoms with Gasteiger partial charge in [0.15, 0.2) is 0 Å². The highest BCUT2D eigenvalue weighted by Gasteiger charge is 2.44. The maximum atomic E-state index is 11.7. The zero-order valence-corrected chi connectivity index (χ0v) is 6.58. The molecule has 1 saturated heterocycles. The van der Waals surface area contributed by atoms with E-state index >= 15 is 0 Å². The molecule has 0 aromatic rings. The average molecular weight is 198 g/mol. The van der Waals surface area contributed by atoms with E-state index in [1.807, 2.05) is 0 Å². The minimum Gasteiger partial charge on any atom is -0.394 e. The number of halogens is 1. The molecule has 4 N–H and O–H groups in total. The van der Waals surface area contributed by atoms with Gasteiger partial charge in [0.2, 0.25) is 6.29 Å². The second-order valence-corrected chi connectivity index (χ2v) is 2.79. The molecule has 0 spiro atoms. The lowest BCUT2D eigenvalue weighted by Crippen LogP contribution is -2.58. The third-order valence-electron chi connectivity index (χ3n) is 1.94. The fourth-order valence-electron chi connectivity index (χ4n) is 1.14. The molecule has 1 heterocycles. The molecule has 5 atom stereocenters. The van der Waals surface area contributed by atoms with Crippen LogP contribution in [0.2, 0.25) is 0 Å². The SMILES string of the molecule is OC[C@@H]1OC(OF)[C@@H](O)[C@H](O)[C@H]1O. The number of ether oxygens (including phenoxy) is 1. The number of hydrogen-bond donors (Lipinski definition) is 4. The first-order valence-corrected chi connectivity index (χ1v) is 3.69. The number of hydrogen-bond acceptors (Lipinski definition) is 6. The minimum absolute atomic E-state index is 0.606. The van der Waals surface area contributed by atoms with E-state index in [0.29, 0.717) is 0 Å². The van der Waals surface area contributed by atoms with Crippen LogP contribution in [0.15, 0.2) is 0 Å². The number of rotatable bonds is 2. The van der Waals surface area contributed by atoms with Gasteiger partial charge in [0, 0.05) is 0 Å². The Bertz CT molecular complexity index is 147. The Morgan fingerprint density at radius 1 is 1.15 bits per heavy atom. The van der Waals surface area contributed by atoms with Gasteiger partial charge in [0.05, 0.1) is 6.61 Å². The van der Waals surface area contributed by atoms with Gasteiger partial charge in [0.1, 0.15) is 24.4 Å². The maximum absolute atomic E-state index is 11.7. The summed E-state index contributed by atoms with van der Waals surface area (Å²) in [4.78, 5) is 3.20. The Kier molecular flexibility index (Phi) is 3.54. The van der Waals surface area contributed by atoms with Crippen molar-refractivity contribution >= 4 is 0 Å². The quantitative estimate of drug-likeness (QED) is 0.398. The average Bonchev–Trinajstić information content (AvgIpc) is 2.15. The molecule has 1 aliphatic heterocycles. The largest absolute Gasteiger partial charge is 0.394 e. The lowest BCUT2D eigenvalue weighted by atomic mass is 9.99. The van der Waals surface area contributed by atoms with E-state index in [9.17, 15) is 4.53 Å². The molecule has 7 heteroatoms. The lowest BCUT2D eigenvalue weighted by molar-refractivity contribution is -0.361. The molecule has 0 aliphatic carbocycles. The summed E-state index contributed by atoms with van der Waals surface area (Å²) in [6.07, 6.45) is -7.60. The smallest absolute Gasteiger partial charge is 0.225 e. The fraction of sp³-hybridized carbons (Fsp3) is 1.00. The summed E-state index contributed by atoms with van der Waals surface area (Å²) >= 11 is 0. The first-order chi connectivity index (χ1) is 6.11. The lowest BCUT2D eigenvalue weighted by Gasteiger charge is -2.37. The van der Waals surface area contributed by atoms with Crippen LogP contribution < -0.4 is 0 Å². The van der Waals surface area contributed by atoms with Gasteiger partial charge < -0.3 is 25.2 Å². The van der Waals surface area contributed by atoms with Gasteiger partial charge in [-0.2, -0.15) is 4.94 Å². The van der Waals surface area contributed by atoms with Crippen LogP contribution in [0.4, 0.5) is 4.53 Å². The van der Waals surface area contributed by atoms with Crippen molar-refractivity contribution in [2.45, 2.75) is 30.7 Å². The molecular formula is C6H11FO6. The molecule has 0 aromatic carbocycles. The topological polar surface area (TPSA) is 99.4 Å². The van der Waals surface area contributed by atoms with Gasteiger partial charge in [0.25, 0.3) is 0 Å². The Hall–Kier alpha value is -0.310. The summed E-state index contributed by atoms with van der Waals surface area (Å²) in [5.74, 6) is 0. The van der Waals surface area contributed by atoms with Crippen molar-refractivity contribution in [2.75, 3.05) is 6.61 Å². The van der Waals surface area contributed by atoms with Crippen LogP contribution >= 0.6 is 0 Å². The molecule has 1 rings (SSSR count). The molecule has 0 saturated carbocycles. The third kappa shape index (κ3) is 1.96. The van der Waals surface area contributed by atoms with Crippen LogP contribution in [0, 0.1) is 0 Å². The van der Waals surface area contributed by atoms with Crippen molar-refractivity contribution < 1.29 is 34.6 Å².